The van der Waals surface area contributed by atoms with Gasteiger partial charge in [0.2, 0.25) is 0 Å². The van der Waals surface area contributed by atoms with E-state index in [9.17, 15) is 9.90 Å². The number of hydrogen-bond acceptors (Lipinski definition) is 3. The second-order valence-corrected chi connectivity index (χ2v) is 7.46. The molecule has 2 N–H and O–H groups in total. The maximum Gasteiger partial charge on any atom is 0.253 e. The Morgan fingerprint density at radius 1 is 1.15 bits per heavy atom. The minimum absolute atomic E-state index is 0.0938. The van der Waals surface area contributed by atoms with E-state index in [2.05, 4.69) is 20.9 Å². The lowest BCUT2D eigenvalue weighted by Crippen LogP contribution is -2.27. The molecule has 1 aliphatic rings. The summed E-state index contributed by atoms with van der Waals surface area (Å²) in [6, 6.07) is 15.6. The third-order valence-electron chi connectivity index (χ3n) is 5.32. The van der Waals surface area contributed by atoms with Gasteiger partial charge in [0.05, 0.1) is 17.7 Å². The number of aromatic nitrogens is 1. The number of nitrogens with one attached hydrogen (secondary N) is 1. The molecule has 0 radical (unpaired) electrons. The van der Waals surface area contributed by atoms with Gasteiger partial charge in [-0.25, -0.2) is 0 Å². The van der Waals surface area contributed by atoms with Crippen molar-refractivity contribution in [2.75, 3.05) is 20.6 Å². The zero-order valence-electron chi connectivity index (χ0n) is 15.7. The predicted octanol–water partition coefficient (Wildman–Crippen LogP) is 3.11. The van der Waals surface area contributed by atoms with Crippen LogP contribution in [-0.2, 0) is 6.54 Å². The Bertz CT molecular complexity index is 977. The molecule has 0 saturated carbocycles. The summed E-state index contributed by atoms with van der Waals surface area (Å²) in [6.45, 7) is 1.73. The van der Waals surface area contributed by atoms with Crippen LogP contribution in [0.25, 0.3) is 10.9 Å². The van der Waals surface area contributed by atoms with Crippen molar-refractivity contribution in [1.82, 2.24) is 14.8 Å². The maximum absolute atomic E-state index is 13.1. The summed E-state index contributed by atoms with van der Waals surface area (Å²) in [5, 5.41) is 14.4. The number of rotatable bonds is 5. The molecule has 2 unspecified atom stereocenters. The molecular weight excluding hydrogens is 338 g/mol. The quantitative estimate of drug-likeness (QED) is 0.732. The summed E-state index contributed by atoms with van der Waals surface area (Å²) < 4.78 is 2.14. The van der Waals surface area contributed by atoms with Gasteiger partial charge in [0.25, 0.3) is 5.91 Å². The topological polar surface area (TPSA) is 57.5 Å². The average Bonchev–Trinajstić information content (AvgIpc) is 3.19. The smallest absolute Gasteiger partial charge is 0.253 e. The Morgan fingerprint density at radius 3 is 2.63 bits per heavy atom. The third-order valence-corrected chi connectivity index (χ3v) is 5.32. The first-order valence-corrected chi connectivity index (χ1v) is 9.35. The number of carbonyl (C=O) groups excluding carboxylic acids is 1. The third kappa shape index (κ3) is 3.36. The predicted molar refractivity (Wildman–Crippen MR) is 107 cm³/mol. The number of hydrogen-bond donors (Lipinski definition) is 2. The van der Waals surface area contributed by atoms with E-state index >= 15 is 0 Å². The zero-order chi connectivity index (χ0) is 19.0. The van der Waals surface area contributed by atoms with Gasteiger partial charge < -0.3 is 19.9 Å². The number of aliphatic hydroxyl groups excluding tert-OH is 1. The summed E-state index contributed by atoms with van der Waals surface area (Å²) in [6.07, 6.45) is 1.94. The molecule has 0 fully saturated rings. The van der Waals surface area contributed by atoms with E-state index in [1.54, 1.807) is 0 Å². The largest absolute Gasteiger partial charge is 0.388 e. The molecule has 0 aliphatic heterocycles. The highest BCUT2D eigenvalue weighted by molar-refractivity contribution is 6.07. The molecule has 27 heavy (non-hydrogen) atoms. The molecule has 5 nitrogen and oxygen atoms in total. The van der Waals surface area contributed by atoms with Crippen molar-refractivity contribution >= 4 is 16.8 Å². The molecule has 3 aromatic rings. The first-order chi connectivity index (χ1) is 13.0. The molecule has 0 bridgehead atoms. The maximum atomic E-state index is 13.1. The minimum Gasteiger partial charge on any atom is -0.388 e. The Labute approximate surface area is 159 Å². The van der Waals surface area contributed by atoms with Crippen LogP contribution < -0.4 is 5.32 Å². The summed E-state index contributed by atoms with van der Waals surface area (Å²) in [7, 11) is 4.09. The first kappa shape index (κ1) is 17.8. The number of likely N-dealkylation sites (N-methyl/N-ethyl adjacent to an activating group) is 1. The van der Waals surface area contributed by atoms with Gasteiger partial charge in [0.15, 0.2) is 0 Å². The van der Waals surface area contributed by atoms with Gasteiger partial charge in [0.1, 0.15) is 0 Å². The van der Waals surface area contributed by atoms with Crippen LogP contribution in [0.4, 0.5) is 0 Å². The Hall–Kier alpha value is -2.63. The molecule has 140 valence electrons. The zero-order valence-corrected chi connectivity index (χ0v) is 15.7. The van der Waals surface area contributed by atoms with Crippen LogP contribution in [0, 0.1) is 0 Å². The van der Waals surface area contributed by atoms with Gasteiger partial charge in [-0.3, -0.25) is 4.79 Å². The van der Waals surface area contributed by atoms with Crippen LogP contribution in [0.5, 0.6) is 0 Å². The van der Waals surface area contributed by atoms with Gasteiger partial charge in [-0.2, -0.15) is 0 Å². The highest BCUT2D eigenvalue weighted by Gasteiger charge is 2.31. The van der Waals surface area contributed by atoms with Crippen LogP contribution in [-0.4, -0.2) is 41.1 Å². The fraction of sp³-hybridized carbons (Fsp3) is 0.318. The normalized spacial score (nSPS) is 18.8. The molecule has 1 heterocycles. The van der Waals surface area contributed by atoms with Crippen molar-refractivity contribution in [2.24, 2.45) is 0 Å². The van der Waals surface area contributed by atoms with Crippen LogP contribution >= 0.6 is 0 Å². The van der Waals surface area contributed by atoms with Crippen molar-refractivity contribution in [1.29, 1.82) is 0 Å². The number of fused-ring (bicyclic) bond motifs is 2. The molecule has 1 aliphatic carbocycles. The van der Waals surface area contributed by atoms with Gasteiger partial charge in [-0.15, -0.1) is 0 Å². The Morgan fingerprint density at radius 2 is 1.85 bits per heavy atom. The molecule has 2 atom stereocenters. The summed E-state index contributed by atoms with van der Waals surface area (Å²) in [5.74, 6) is -0.0938. The molecule has 0 spiro atoms. The van der Waals surface area contributed by atoms with Gasteiger partial charge in [0, 0.05) is 36.6 Å². The van der Waals surface area contributed by atoms with Crippen molar-refractivity contribution in [3.63, 3.8) is 0 Å². The minimum atomic E-state index is -0.520. The summed E-state index contributed by atoms with van der Waals surface area (Å²) in [4.78, 5) is 15.2. The molecule has 5 heteroatoms. The van der Waals surface area contributed by atoms with Crippen molar-refractivity contribution in [3.8, 4) is 0 Å². The lowest BCUT2D eigenvalue weighted by Gasteiger charge is -2.13. The molecule has 2 aromatic carbocycles. The van der Waals surface area contributed by atoms with E-state index in [1.165, 1.54) is 0 Å². The van der Waals surface area contributed by atoms with Crippen molar-refractivity contribution in [3.05, 3.63) is 71.4 Å². The number of aliphatic hydroxyl groups is 1. The van der Waals surface area contributed by atoms with E-state index in [0.717, 1.165) is 35.1 Å². The Balaban J connectivity index is 1.62. The lowest BCUT2D eigenvalue weighted by molar-refractivity contribution is 0.0926. The highest BCUT2D eigenvalue weighted by atomic mass is 16.3. The van der Waals surface area contributed by atoms with Crippen LogP contribution in [0.3, 0.4) is 0 Å². The van der Waals surface area contributed by atoms with Crippen LogP contribution in [0.2, 0.25) is 0 Å². The average molecular weight is 363 g/mol. The van der Waals surface area contributed by atoms with E-state index in [0.29, 0.717) is 12.0 Å². The van der Waals surface area contributed by atoms with Gasteiger partial charge in [-0.05, 0) is 31.3 Å². The second kappa shape index (κ2) is 7.18. The number of benzene rings is 2. The van der Waals surface area contributed by atoms with Crippen molar-refractivity contribution in [2.45, 2.75) is 25.1 Å². The Kier molecular flexibility index (Phi) is 4.72. The molecule has 1 amide bonds. The second-order valence-electron chi connectivity index (χ2n) is 7.46. The fourth-order valence-electron chi connectivity index (χ4n) is 3.90. The lowest BCUT2D eigenvalue weighted by atomic mass is 10.1. The van der Waals surface area contributed by atoms with Crippen LogP contribution in [0.1, 0.15) is 40.1 Å². The van der Waals surface area contributed by atoms with E-state index in [4.69, 9.17) is 0 Å². The van der Waals surface area contributed by atoms with Crippen molar-refractivity contribution < 1.29 is 9.90 Å². The number of nitrogens with zero attached hydrogens (tertiary/aromatic N) is 2. The molecule has 0 saturated heterocycles. The fourth-order valence-corrected chi connectivity index (χ4v) is 3.90. The van der Waals surface area contributed by atoms with E-state index < -0.39 is 6.10 Å². The van der Waals surface area contributed by atoms with E-state index in [-0.39, 0.29) is 11.9 Å². The molecule has 1 aromatic heterocycles. The summed E-state index contributed by atoms with van der Waals surface area (Å²) in [5.41, 5.74) is 3.67. The molecule has 4 rings (SSSR count). The van der Waals surface area contributed by atoms with Gasteiger partial charge >= 0.3 is 0 Å². The highest BCUT2D eigenvalue weighted by Crippen LogP contribution is 2.38. The number of para-hydroxylation sites is 1. The standard InChI is InChI=1S/C22H25N3O2/c1-24(2)11-12-25-14-18(16-8-5-6-10-20(16)25)22(27)23-19-13-21(26)17-9-4-3-7-15(17)19/h3-10,14,19,21,26H,11-13H2,1-2H3,(H,23,27). The summed E-state index contributed by atoms with van der Waals surface area (Å²) >= 11 is 0. The first-order valence-electron chi connectivity index (χ1n) is 9.35. The number of amides is 1. The van der Waals surface area contributed by atoms with Crippen LogP contribution in [0.15, 0.2) is 54.7 Å². The van der Waals surface area contributed by atoms with Gasteiger partial charge in [-0.1, -0.05) is 42.5 Å². The molecular formula is C22H25N3O2. The monoisotopic (exact) mass is 363 g/mol. The van der Waals surface area contributed by atoms with E-state index in [1.807, 2.05) is 62.8 Å². The SMILES string of the molecule is CN(C)CCn1cc(C(=O)NC2CC(O)c3ccccc32)c2ccccc21. The number of carbonyl (C=O) groups is 1.